The molecule has 0 unspecified atom stereocenters. The standard InChI is InChI=1S/C19H24N2O5/c1-13(19(24)20-14-6-2-3-7-14)26-18(23)10-11-21-15-8-4-5-9-16(15)25-12-17(21)22/h4-5,8-9,13-14H,2-3,6-7,10-12H2,1H3,(H,20,24)/t13-/m1/s1. The Morgan fingerprint density at radius 2 is 2.04 bits per heavy atom. The number of para-hydroxylation sites is 2. The van der Waals surface area contributed by atoms with Crippen molar-refractivity contribution in [3.63, 3.8) is 0 Å². The molecule has 1 aromatic rings. The van der Waals surface area contributed by atoms with Crippen LogP contribution < -0.4 is 15.0 Å². The Bertz CT molecular complexity index is 684. The van der Waals surface area contributed by atoms with E-state index in [1.54, 1.807) is 19.1 Å². The number of hydrogen-bond donors (Lipinski definition) is 1. The average Bonchev–Trinajstić information content (AvgIpc) is 3.13. The number of amides is 2. The predicted octanol–water partition coefficient (Wildman–Crippen LogP) is 1.79. The summed E-state index contributed by atoms with van der Waals surface area (Å²) in [6.07, 6.45) is 3.37. The van der Waals surface area contributed by atoms with Crippen molar-refractivity contribution >= 4 is 23.5 Å². The number of hydrogen-bond acceptors (Lipinski definition) is 5. The topological polar surface area (TPSA) is 84.9 Å². The fourth-order valence-electron chi connectivity index (χ4n) is 3.30. The predicted molar refractivity (Wildman–Crippen MR) is 94.9 cm³/mol. The van der Waals surface area contributed by atoms with Crippen LogP contribution in [0.5, 0.6) is 5.75 Å². The number of nitrogens with zero attached hydrogens (tertiary/aromatic N) is 1. The van der Waals surface area contributed by atoms with Gasteiger partial charge in [0, 0.05) is 12.6 Å². The number of rotatable bonds is 6. The summed E-state index contributed by atoms with van der Waals surface area (Å²) in [6.45, 7) is 1.71. The van der Waals surface area contributed by atoms with Crippen molar-refractivity contribution in [1.82, 2.24) is 5.32 Å². The van der Waals surface area contributed by atoms with Crippen LogP contribution in [0.4, 0.5) is 5.69 Å². The van der Waals surface area contributed by atoms with Crippen LogP contribution in [0, 0.1) is 0 Å². The van der Waals surface area contributed by atoms with E-state index in [2.05, 4.69) is 5.32 Å². The number of esters is 1. The SMILES string of the molecule is C[C@@H](OC(=O)CCN1C(=O)COc2ccccc21)C(=O)NC1CCCC1. The summed E-state index contributed by atoms with van der Waals surface area (Å²) in [4.78, 5) is 37.8. The molecule has 140 valence electrons. The average molecular weight is 360 g/mol. The highest BCUT2D eigenvalue weighted by Crippen LogP contribution is 2.31. The molecule has 1 atom stereocenters. The van der Waals surface area contributed by atoms with E-state index in [-0.39, 0.29) is 37.4 Å². The minimum absolute atomic E-state index is 0.0150. The number of ether oxygens (including phenoxy) is 2. The molecule has 1 N–H and O–H groups in total. The maximum atomic E-state index is 12.1. The molecular weight excluding hydrogens is 336 g/mol. The molecule has 0 saturated heterocycles. The van der Waals surface area contributed by atoms with Crippen LogP contribution in [0.3, 0.4) is 0 Å². The third-order valence-corrected chi connectivity index (χ3v) is 4.73. The normalized spacial score (nSPS) is 18.0. The summed E-state index contributed by atoms with van der Waals surface area (Å²) < 4.78 is 10.6. The van der Waals surface area contributed by atoms with Crippen LogP contribution in [-0.2, 0) is 19.1 Å². The summed E-state index contributed by atoms with van der Waals surface area (Å²) in [7, 11) is 0. The molecule has 0 radical (unpaired) electrons. The van der Waals surface area contributed by atoms with Crippen LogP contribution in [-0.4, -0.2) is 43.1 Å². The van der Waals surface area contributed by atoms with Crippen LogP contribution in [0.25, 0.3) is 0 Å². The minimum atomic E-state index is -0.837. The van der Waals surface area contributed by atoms with Gasteiger partial charge in [0.05, 0.1) is 12.1 Å². The molecule has 1 saturated carbocycles. The Hall–Kier alpha value is -2.57. The maximum Gasteiger partial charge on any atom is 0.308 e. The van der Waals surface area contributed by atoms with Crippen LogP contribution in [0.2, 0.25) is 0 Å². The lowest BCUT2D eigenvalue weighted by atomic mass is 10.2. The molecule has 1 heterocycles. The quantitative estimate of drug-likeness (QED) is 0.782. The first-order chi connectivity index (χ1) is 12.5. The molecule has 7 heteroatoms. The van der Waals surface area contributed by atoms with Gasteiger partial charge in [-0.25, -0.2) is 0 Å². The van der Waals surface area contributed by atoms with E-state index in [1.807, 2.05) is 12.1 Å². The van der Waals surface area contributed by atoms with E-state index in [0.717, 1.165) is 25.7 Å². The molecule has 1 fully saturated rings. The Labute approximate surface area is 152 Å². The highest BCUT2D eigenvalue weighted by molar-refractivity contribution is 5.98. The number of nitrogens with one attached hydrogen (secondary N) is 1. The molecule has 1 aromatic carbocycles. The monoisotopic (exact) mass is 360 g/mol. The zero-order chi connectivity index (χ0) is 18.5. The fourth-order valence-corrected chi connectivity index (χ4v) is 3.30. The molecule has 1 aliphatic carbocycles. The molecule has 3 rings (SSSR count). The number of benzene rings is 1. The van der Waals surface area contributed by atoms with Crippen molar-refractivity contribution < 1.29 is 23.9 Å². The number of carbonyl (C=O) groups excluding carboxylic acids is 3. The van der Waals surface area contributed by atoms with Gasteiger partial charge in [-0.05, 0) is 31.9 Å². The lowest BCUT2D eigenvalue weighted by molar-refractivity contribution is -0.154. The highest BCUT2D eigenvalue weighted by Gasteiger charge is 2.27. The van der Waals surface area contributed by atoms with Crippen molar-refractivity contribution in [2.24, 2.45) is 0 Å². The minimum Gasteiger partial charge on any atom is -0.482 e. The Balaban J connectivity index is 1.49. The molecule has 0 spiro atoms. The first-order valence-electron chi connectivity index (χ1n) is 9.06. The van der Waals surface area contributed by atoms with Crippen molar-refractivity contribution in [1.29, 1.82) is 0 Å². The van der Waals surface area contributed by atoms with E-state index in [0.29, 0.717) is 11.4 Å². The number of carbonyl (C=O) groups is 3. The van der Waals surface area contributed by atoms with E-state index in [1.165, 1.54) is 4.90 Å². The molecule has 2 amide bonds. The second-order valence-corrected chi connectivity index (χ2v) is 6.67. The molecular formula is C19H24N2O5. The van der Waals surface area contributed by atoms with Gasteiger partial charge in [-0.15, -0.1) is 0 Å². The zero-order valence-electron chi connectivity index (χ0n) is 14.9. The number of fused-ring (bicyclic) bond motifs is 1. The van der Waals surface area contributed by atoms with Crippen molar-refractivity contribution in [2.75, 3.05) is 18.1 Å². The van der Waals surface area contributed by atoms with E-state index < -0.39 is 12.1 Å². The summed E-state index contributed by atoms with van der Waals surface area (Å²) >= 11 is 0. The van der Waals surface area contributed by atoms with Crippen molar-refractivity contribution in [2.45, 2.75) is 51.2 Å². The van der Waals surface area contributed by atoms with E-state index in [4.69, 9.17) is 9.47 Å². The second-order valence-electron chi connectivity index (χ2n) is 6.67. The van der Waals surface area contributed by atoms with Gasteiger partial charge in [0.25, 0.3) is 11.8 Å². The van der Waals surface area contributed by atoms with Crippen LogP contribution >= 0.6 is 0 Å². The molecule has 0 bridgehead atoms. The molecule has 0 aromatic heterocycles. The molecule has 1 aliphatic heterocycles. The van der Waals surface area contributed by atoms with Crippen LogP contribution in [0.1, 0.15) is 39.0 Å². The molecule has 7 nitrogen and oxygen atoms in total. The maximum absolute atomic E-state index is 12.1. The summed E-state index contributed by atoms with van der Waals surface area (Å²) in [5.41, 5.74) is 0.642. The second kappa shape index (κ2) is 8.21. The van der Waals surface area contributed by atoms with Crippen molar-refractivity contribution in [3.05, 3.63) is 24.3 Å². The Morgan fingerprint density at radius 3 is 2.81 bits per heavy atom. The Kier molecular flexibility index (Phi) is 5.75. The summed E-state index contributed by atoms with van der Waals surface area (Å²) in [5, 5.41) is 2.91. The fraction of sp³-hybridized carbons (Fsp3) is 0.526. The first-order valence-corrected chi connectivity index (χ1v) is 9.06. The van der Waals surface area contributed by atoms with Gasteiger partial charge in [-0.1, -0.05) is 25.0 Å². The first kappa shape index (κ1) is 18.2. The smallest absolute Gasteiger partial charge is 0.308 e. The van der Waals surface area contributed by atoms with Gasteiger partial charge in [-0.2, -0.15) is 0 Å². The van der Waals surface area contributed by atoms with Crippen LogP contribution in [0.15, 0.2) is 24.3 Å². The zero-order valence-corrected chi connectivity index (χ0v) is 14.9. The van der Waals surface area contributed by atoms with Crippen molar-refractivity contribution in [3.8, 4) is 5.75 Å². The van der Waals surface area contributed by atoms with Gasteiger partial charge in [-0.3, -0.25) is 14.4 Å². The Morgan fingerprint density at radius 1 is 1.31 bits per heavy atom. The lowest BCUT2D eigenvalue weighted by Gasteiger charge is -2.29. The van der Waals surface area contributed by atoms with Gasteiger partial charge in [0.1, 0.15) is 5.75 Å². The van der Waals surface area contributed by atoms with Gasteiger partial charge < -0.3 is 19.7 Å². The number of anilines is 1. The highest BCUT2D eigenvalue weighted by atomic mass is 16.5. The third-order valence-electron chi connectivity index (χ3n) is 4.73. The van der Waals surface area contributed by atoms with E-state index in [9.17, 15) is 14.4 Å². The van der Waals surface area contributed by atoms with Gasteiger partial charge in [0.15, 0.2) is 12.7 Å². The summed E-state index contributed by atoms with van der Waals surface area (Å²) in [6, 6.07) is 7.37. The summed E-state index contributed by atoms with van der Waals surface area (Å²) in [5.74, 6) is -0.359. The van der Waals surface area contributed by atoms with E-state index >= 15 is 0 Å². The van der Waals surface area contributed by atoms with Gasteiger partial charge >= 0.3 is 5.97 Å². The lowest BCUT2D eigenvalue weighted by Crippen LogP contribution is -2.42. The van der Waals surface area contributed by atoms with Gasteiger partial charge in [0.2, 0.25) is 0 Å². The molecule has 26 heavy (non-hydrogen) atoms. The largest absolute Gasteiger partial charge is 0.482 e. The third kappa shape index (κ3) is 4.33. The molecule has 2 aliphatic rings.